The van der Waals surface area contributed by atoms with Crippen molar-refractivity contribution in [3.63, 3.8) is 0 Å². The molecule has 0 N–H and O–H groups in total. The van der Waals surface area contributed by atoms with E-state index in [1.807, 2.05) is 6.92 Å². The second kappa shape index (κ2) is 6.91. The summed E-state index contributed by atoms with van der Waals surface area (Å²) in [4.78, 5) is 12.2. The first kappa shape index (κ1) is 18.4. The zero-order valence-electron chi connectivity index (χ0n) is 18.3. The molecule has 33 heavy (non-hydrogen) atoms. The molecule has 0 saturated carbocycles. The van der Waals surface area contributed by atoms with Crippen LogP contribution in [-0.2, 0) is 0 Å². The fraction of sp³-hybridized carbons (Fsp3) is 0.103. The van der Waals surface area contributed by atoms with E-state index in [0.29, 0.717) is 5.92 Å². The minimum atomic E-state index is 0.215. The molecule has 0 saturated heterocycles. The van der Waals surface area contributed by atoms with Gasteiger partial charge in [0.25, 0.3) is 0 Å². The zero-order chi connectivity index (χ0) is 21.9. The fourth-order valence-corrected chi connectivity index (χ4v) is 5.50. The van der Waals surface area contributed by atoms with E-state index in [4.69, 9.17) is 9.97 Å². The molecule has 2 aromatic heterocycles. The molecule has 2 atom stereocenters. The minimum Gasteiger partial charge on any atom is -0.318 e. The summed E-state index contributed by atoms with van der Waals surface area (Å²) in [6.45, 7) is 1.98. The van der Waals surface area contributed by atoms with Gasteiger partial charge in [0.1, 0.15) is 17.5 Å². The van der Waals surface area contributed by atoms with Gasteiger partial charge in [0, 0.05) is 28.4 Å². The van der Waals surface area contributed by atoms with Crippen LogP contribution in [0.4, 0.5) is 11.5 Å². The van der Waals surface area contributed by atoms with Crippen molar-refractivity contribution in [2.24, 2.45) is 0 Å². The van der Waals surface area contributed by atoms with Crippen LogP contribution < -0.4 is 4.90 Å². The lowest BCUT2D eigenvalue weighted by Crippen LogP contribution is -2.29. The normalized spacial score (nSPS) is 18.8. The Morgan fingerprint density at radius 2 is 1.33 bits per heavy atom. The molecule has 5 aromatic rings. The third kappa shape index (κ3) is 2.64. The number of fused-ring (bicyclic) bond motifs is 6. The van der Waals surface area contributed by atoms with Gasteiger partial charge in [-0.05, 0) is 30.7 Å². The lowest BCUT2D eigenvalue weighted by Gasteiger charge is -2.28. The second-order valence-corrected chi connectivity index (χ2v) is 8.72. The summed E-state index contributed by atoms with van der Waals surface area (Å²) in [7, 11) is 0. The summed E-state index contributed by atoms with van der Waals surface area (Å²) in [5.41, 5.74) is 4.87. The minimum absolute atomic E-state index is 0.215. The molecule has 2 unspecified atom stereocenters. The molecule has 0 spiro atoms. The number of aryl methyl sites for hydroxylation is 1. The first-order valence-electron chi connectivity index (χ1n) is 11.4. The van der Waals surface area contributed by atoms with E-state index >= 15 is 0 Å². The van der Waals surface area contributed by atoms with Crippen molar-refractivity contribution >= 4 is 33.3 Å². The van der Waals surface area contributed by atoms with Crippen molar-refractivity contribution in [3.05, 3.63) is 115 Å². The van der Waals surface area contributed by atoms with Crippen molar-refractivity contribution in [3.8, 4) is 5.82 Å². The van der Waals surface area contributed by atoms with Gasteiger partial charge >= 0.3 is 0 Å². The van der Waals surface area contributed by atoms with E-state index < -0.39 is 0 Å². The largest absolute Gasteiger partial charge is 0.318 e. The summed E-state index contributed by atoms with van der Waals surface area (Å²) >= 11 is 0. The molecular formula is C29H22N4. The van der Waals surface area contributed by atoms with E-state index in [2.05, 4.69) is 113 Å². The summed E-state index contributed by atoms with van der Waals surface area (Å²) in [6.07, 6.45) is 8.87. The van der Waals surface area contributed by atoms with Gasteiger partial charge < -0.3 is 4.90 Å². The number of benzene rings is 3. The van der Waals surface area contributed by atoms with Gasteiger partial charge in [-0.1, -0.05) is 78.9 Å². The van der Waals surface area contributed by atoms with E-state index in [1.54, 1.807) is 0 Å². The van der Waals surface area contributed by atoms with Gasteiger partial charge in [-0.15, -0.1) is 0 Å². The van der Waals surface area contributed by atoms with E-state index in [-0.39, 0.29) is 6.04 Å². The fourth-order valence-electron chi connectivity index (χ4n) is 5.50. The number of rotatable bonds is 2. The second-order valence-electron chi connectivity index (χ2n) is 8.72. The van der Waals surface area contributed by atoms with Gasteiger partial charge in [0.2, 0.25) is 0 Å². The SMILES string of the molecule is Cc1nc(N2c3ccccc3C3C=CC=CC32)cc(-n2c3ccccc3c3ccccc32)n1. The molecule has 1 aliphatic carbocycles. The third-order valence-electron chi connectivity index (χ3n) is 6.83. The molecule has 4 nitrogen and oxygen atoms in total. The number of hydrogen-bond acceptors (Lipinski definition) is 3. The van der Waals surface area contributed by atoms with E-state index in [0.717, 1.165) is 28.5 Å². The quantitative estimate of drug-likeness (QED) is 0.318. The van der Waals surface area contributed by atoms with Crippen LogP contribution in [-0.4, -0.2) is 20.6 Å². The number of nitrogens with zero attached hydrogens (tertiary/aromatic N) is 4. The first-order valence-corrected chi connectivity index (χ1v) is 11.4. The Morgan fingerprint density at radius 1 is 0.697 bits per heavy atom. The molecular weight excluding hydrogens is 404 g/mol. The highest BCUT2D eigenvalue weighted by Gasteiger charge is 2.38. The monoisotopic (exact) mass is 426 g/mol. The summed E-state index contributed by atoms with van der Waals surface area (Å²) in [5, 5.41) is 2.47. The average Bonchev–Trinajstić information content (AvgIpc) is 3.37. The van der Waals surface area contributed by atoms with Crippen LogP contribution in [0.2, 0.25) is 0 Å². The lowest BCUT2D eigenvalue weighted by atomic mass is 9.91. The van der Waals surface area contributed by atoms with Gasteiger partial charge in [-0.25, -0.2) is 9.97 Å². The van der Waals surface area contributed by atoms with Crippen LogP contribution >= 0.6 is 0 Å². The van der Waals surface area contributed by atoms with Crippen LogP contribution in [0.5, 0.6) is 0 Å². The summed E-state index contributed by atoms with van der Waals surface area (Å²) in [6, 6.07) is 28.1. The maximum absolute atomic E-state index is 4.92. The molecule has 0 amide bonds. The molecule has 1 aliphatic heterocycles. The van der Waals surface area contributed by atoms with Crippen molar-refractivity contribution < 1.29 is 0 Å². The highest BCUT2D eigenvalue weighted by molar-refractivity contribution is 6.09. The van der Waals surface area contributed by atoms with Crippen LogP contribution in [0, 0.1) is 6.92 Å². The molecule has 4 heteroatoms. The average molecular weight is 427 g/mol. The van der Waals surface area contributed by atoms with Gasteiger partial charge in [0.15, 0.2) is 0 Å². The molecule has 0 radical (unpaired) electrons. The third-order valence-corrected chi connectivity index (χ3v) is 6.83. The lowest BCUT2D eigenvalue weighted by molar-refractivity contribution is 0.734. The maximum Gasteiger partial charge on any atom is 0.143 e. The maximum atomic E-state index is 4.92. The Bertz CT molecular complexity index is 1550. The van der Waals surface area contributed by atoms with Gasteiger partial charge in [-0.3, -0.25) is 4.57 Å². The van der Waals surface area contributed by atoms with Crippen molar-refractivity contribution in [2.45, 2.75) is 18.9 Å². The van der Waals surface area contributed by atoms with E-state index in [9.17, 15) is 0 Å². The van der Waals surface area contributed by atoms with Crippen molar-refractivity contribution in [2.75, 3.05) is 4.90 Å². The molecule has 3 heterocycles. The Balaban J connectivity index is 1.48. The Hall–Kier alpha value is -4.18. The van der Waals surface area contributed by atoms with Crippen LogP contribution in [0.3, 0.4) is 0 Å². The number of hydrogen-bond donors (Lipinski definition) is 0. The molecule has 2 aliphatic rings. The summed E-state index contributed by atoms with van der Waals surface area (Å²) < 4.78 is 2.26. The topological polar surface area (TPSA) is 34.0 Å². The Morgan fingerprint density at radius 3 is 2.12 bits per heavy atom. The highest BCUT2D eigenvalue weighted by atomic mass is 15.3. The van der Waals surface area contributed by atoms with Gasteiger partial charge in [-0.2, -0.15) is 0 Å². The van der Waals surface area contributed by atoms with Crippen LogP contribution in [0.1, 0.15) is 17.3 Å². The molecule has 0 fully saturated rings. The summed E-state index contributed by atoms with van der Waals surface area (Å²) in [5.74, 6) is 2.92. The molecule has 7 rings (SSSR count). The predicted molar refractivity (Wildman–Crippen MR) is 134 cm³/mol. The van der Waals surface area contributed by atoms with E-state index in [1.165, 1.54) is 22.0 Å². The molecule has 3 aromatic carbocycles. The Kier molecular flexibility index (Phi) is 3.85. The number of anilines is 2. The van der Waals surface area contributed by atoms with Crippen molar-refractivity contribution in [1.29, 1.82) is 0 Å². The van der Waals surface area contributed by atoms with Crippen LogP contribution in [0.15, 0.2) is 103 Å². The highest BCUT2D eigenvalue weighted by Crippen LogP contribution is 2.47. The smallest absolute Gasteiger partial charge is 0.143 e. The Labute approximate surface area is 192 Å². The van der Waals surface area contributed by atoms with Gasteiger partial charge in [0.05, 0.1) is 17.1 Å². The first-order chi connectivity index (χ1) is 16.3. The molecule has 158 valence electrons. The number of aromatic nitrogens is 3. The molecule has 0 bridgehead atoms. The van der Waals surface area contributed by atoms with Crippen LogP contribution in [0.25, 0.3) is 27.6 Å². The van der Waals surface area contributed by atoms with Crippen molar-refractivity contribution in [1.82, 2.24) is 14.5 Å². The number of para-hydroxylation sites is 3. The predicted octanol–water partition coefficient (Wildman–Crippen LogP) is 6.61. The number of allylic oxidation sites excluding steroid dienone is 2. The standard InChI is InChI=1S/C29H22N4/c1-19-30-28(32-24-14-6-2-10-20(24)21-11-3-7-15-25(21)32)18-29(31-19)33-26-16-8-4-12-22(26)23-13-5-9-17-27(23)33/h2-18,20,24H,1H3. The zero-order valence-corrected chi connectivity index (χ0v) is 18.3.